The number of methoxy groups -OCH3 is 1. The van der Waals surface area contributed by atoms with Gasteiger partial charge in [0.25, 0.3) is 5.91 Å². The van der Waals surface area contributed by atoms with Crippen molar-refractivity contribution in [2.75, 3.05) is 13.7 Å². The Bertz CT molecular complexity index is 1360. The first-order chi connectivity index (χ1) is 19.4. The fourth-order valence-corrected chi connectivity index (χ4v) is 8.06. The number of fused-ring (bicyclic) bond motifs is 5. The van der Waals surface area contributed by atoms with Crippen molar-refractivity contribution in [2.45, 2.75) is 63.9 Å². The lowest BCUT2D eigenvalue weighted by Crippen LogP contribution is -2.47. The van der Waals surface area contributed by atoms with Gasteiger partial charge in [-0.15, -0.1) is 10.2 Å². The number of nitrogens with one attached hydrogen (secondary N) is 1. The maximum absolute atomic E-state index is 12.8. The lowest BCUT2D eigenvalue weighted by molar-refractivity contribution is -0.0395. The Labute approximate surface area is 236 Å². The fourth-order valence-electron chi connectivity index (χ4n) is 8.06. The molecule has 1 amide bonds. The number of phenolic OH excluding ortho intramolecular Hbond substituents is 1. The minimum absolute atomic E-state index is 0.00128. The molecule has 0 radical (unpaired) electrons. The number of aliphatic hydroxyl groups is 1. The minimum Gasteiger partial charge on any atom is -0.508 e. The Hall–Kier alpha value is -3.45. The summed E-state index contributed by atoms with van der Waals surface area (Å²) >= 11 is 0. The standard InChI is InChI=1S/C33H39N3O4/c1-33-16-15-26-25-10-7-23(37)19-22(25)18-21(31(26)27(33)11-14-30(33)38)4-3-17-34-32(39)29-13-12-28(35-36-29)20-5-8-24(40-2)9-6-20/h5-10,12-13,19,21,26-27,30-31,37-38H,3-4,11,14-18H2,1-2H3,(H,34,39). The molecule has 3 aliphatic carbocycles. The second-order valence-electron chi connectivity index (χ2n) is 12.2. The highest BCUT2D eigenvalue weighted by Gasteiger charge is 2.56. The van der Waals surface area contributed by atoms with Crippen LogP contribution in [-0.4, -0.2) is 46.1 Å². The van der Waals surface area contributed by atoms with Crippen LogP contribution in [0.1, 0.15) is 73.0 Å². The van der Waals surface area contributed by atoms with E-state index in [1.165, 1.54) is 11.1 Å². The number of aromatic hydroxyl groups is 1. The van der Waals surface area contributed by atoms with Crippen LogP contribution in [0.4, 0.5) is 0 Å². The summed E-state index contributed by atoms with van der Waals surface area (Å²) in [5.74, 6) is 2.88. The van der Waals surface area contributed by atoms with Crippen molar-refractivity contribution in [1.82, 2.24) is 15.5 Å². The highest BCUT2D eigenvalue weighted by atomic mass is 16.5. The predicted molar refractivity (Wildman–Crippen MR) is 153 cm³/mol. The van der Waals surface area contributed by atoms with Crippen LogP contribution < -0.4 is 10.1 Å². The van der Waals surface area contributed by atoms with E-state index in [9.17, 15) is 15.0 Å². The average molecular weight is 542 g/mol. The van der Waals surface area contributed by atoms with Crippen LogP contribution in [0.3, 0.4) is 0 Å². The Morgan fingerprint density at radius 2 is 1.90 bits per heavy atom. The number of aliphatic hydroxyl groups excluding tert-OH is 1. The molecule has 6 unspecified atom stereocenters. The molecule has 6 rings (SSSR count). The van der Waals surface area contributed by atoms with Crippen LogP contribution >= 0.6 is 0 Å². The van der Waals surface area contributed by atoms with Gasteiger partial charge in [-0.1, -0.05) is 13.0 Å². The zero-order valence-corrected chi connectivity index (χ0v) is 23.3. The molecule has 2 saturated carbocycles. The predicted octanol–water partition coefficient (Wildman–Crippen LogP) is 5.51. The lowest BCUT2D eigenvalue weighted by atomic mass is 9.52. The first kappa shape index (κ1) is 26.8. The monoisotopic (exact) mass is 541 g/mol. The third-order valence-electron chi connectivity index (χ3n) is 10.2. The molecule has 7 nitrogen and oxygen atoms in total. The third-order valence-corrected chi connectivity index (χ3v) is 10.2. The van der Waals surface area contributed by atoms with Gasteiger partial charge in [0.2, 0.25) is 0 Å². The molecule has 1 heterocycles. The topological polar surface area (TPSA) is 105 Å². The Morgan fingerprint density at radius 1 is 1.07 bits per heavy atom. The number of rotatable bonds is 7. The van der Waals surface area contributed by atoms with E-state index in [-0.39, 0.29) is 17.4 Å². The molecule has 2 aromatic carbocycles. The van der Waals surface area contributed by atoms with Crippen molar-refractivity contribution in [3.63, 3.8) is 0 Å². The summed E-state index contributed by atoms with van der Waals surface area (Å²) in [6.07, 6.45) is 6.74. The van der Waals surface area contributed by atoms with Crippen LogP contribution in [0.5, 0.6) is 11.5 Å². The van der Waals surface area contributed by atoms with Crippen LogP contribution in [-0.2, 0) is 6.42 Å². The van der Waals surface area contributed by atoms with Crippen LogP contribution in [0.25, 0.3) is 11.3 Å². The van der Waals surface area contributed by atoms with Gasteiger partial charge in [0, 0.05) is 12.1 Å². The Morgan fingerprint density at radius 3 is 2.65 bits per heavy atom. The first-order valence-corrected chi connectivity index (χ1v) is 14.6. The third kappa shape index (κ3) is 4.85. The van der Waals surface area contributed by atoms with Gasteiger partial charge in [0.1, 0.15) is 11.5 Å². The molecule has 0 bridgehead atoms. The van der Waals surface area contributed by atoms with Gasteiger partial charge in [0.05, 0.1) is 18.9 Å². The molecule has 2 fully saturated rings. The first-order valence-electron chi connectivity index (χ1n) is 14.6. The van der Waals surface area contributed by atoms with Crippen molar-refractivity contribution >= 4 is 5.91 Å². The molecule has 3 aromatic rings. The number of amides is 1. The average Bonchev–Trinajstić information content (AvgIpc) is 3.28. The summed E-state index contributed by atoms with van der Waals surface area (Å²) in [6, 6.07) is 17.0. The number of hydrogen-bond acceptors (Lipinski definition) is 6. The molecule has 7 heteroatoms. The van der Waals surface area contributed by atoms with Gasteiger partial charge in [-0.2, -0.15) is 0 Å². The Kier molecular flexibility index (Phi) is 7.26. The molecule has 0 aliphatic heterocycles. The summed E-state index contributed by atoms with van der Waals surface area (Å²) in [6.45, 7) is 2.88. The van der Waals surface area contributed by atoms with Crippen molar-refractivity contribution < 1.29 is 19.7 Å². The number of hydrogen-bond donors (Lipinski definition) is 3. The zero-order valence-electron chi connectivity index (χ0n) is 23.3. The molecule has 6 atom stereocenters. The molecular weight excluding hydrogens is 502 g/mol. The molecule has 210 valence electrons. The summed E-state index contributed by atoms with van der Waals surface area (Å²) in [5.41, 5.74) is 4.58. The zero-order chi connectivity index (χ0) is 27.9. The van der Waals surface area contributed by atoms with Crippen molar-refractivity contribution in [2.24, 2.45) is 23.2 Å². The van der Waals surface area contributed by atoms with E-state index >= 15 is 0 Å². The fraction of sp³-hybridized carbons (Fsp3) is 0.485. The summed E-state index contributed by atoms with van der Waals surface area (Å²) in [7, 11) is 1.63. The van der Waals surface area contributed by atoms with E-state index in [0.717, 1.165) is 56.3 Å². The largest absolute Gasteiger partial charge is 0.508 e. The molecule has 0 spiro atoms. The molecule has 1 aromatic heterocycles. The summed E-state index contributed by atoms with van der Waals surface area (Å²) in [5, 5.41) is 32.5. The molecule has 0 saturated heterocycles. The second-order valence-corrected chi connectivity index (χ2v) is 12.2. The molecule has 40 heavy (non-hydrogen) atoms. The van der Waals surface area contributed by atoms with E-state index in [1.54, 1.807) is 13.2 Å². The Balaban J connectivity index is 1.10. The maximum atomic E-state index is 12.8. The van der Waals surface area contributed by atoms with Gasteiger partial charge in [-0.05, 0) is 134 Å². The van der Waals surface area contributed by atoms with E-state index in [1.807, 2.05) is 42.5 Å². The number of phenols is 1. The number of aromatic nitrogens is 2. The van der Waals surface area contributed by atoms with Gasteiger partial charge in [-0.3, -0.25) is 4.79 Å². The second kappa shape index (κ2) is 10.8. The van der Waals surface area contributed by atoms with E-state index < -0.39 is 0 Å². The van der Waals surface area contributed by atoms with E-state index in [2.05, 4.69) is 28.5 Å². The highest BCUT2D eigenvalue weighted by molar-refractivity contribution is 5.92. The van der Waals surface area contributed by atoms with Crippen LogP contribution in [0, 0.1) is 23.2 Å². The van der Waals surface area contributed by atoms with Gasteiger partial charge in [0.15, 0.2) is 5.69 Å². The molecule has 3 N–H and O–H groups in total. The van der Waals surface area contributed by atoms with E-state index in [0.29, 0.717) is 47.4 Å². The number of carbonyl (C=O) groups is 1. The van der Waals surface area contributed by atoms with E-state index in [4.69, 9.17) is 4.74 Å². The number of ether oxygens (including phenoxy) is 1. The van der Waals surface area contributed by atoms with Crippen molar-refractivity contribution in [3.8, 4) is 22.8 Å². The quantitative estimate of drug-likeness (QED) is 0.341. The normalized spacial score (nSPS) is 28.7. The SMILES string of the molecule is COc1ccc(-c2ccc(C(=O)NCCCC3Cc4cc(O)ccc4C4CCC5(C)C(O)CCC5C34)nn2)cc1. The van der Waals surface area contributed by atoms with Crippen molar-refractivity contribution in [3.05, 3.63) is 71.4 Å². The maximum Gasteiger partial charge on any atom is 0.271 e. The number of benzene rings is 2. The highest BCUT2D eigenvalue weighted by Crippen LogP contribution is 2.62. The van der Waals surface area contributed by atoms with Gasteiger partial charge >= 0.3 is 0 Å². The molecular formula is C33H39N3O4. The molecule has 3 aliphatic rings. The summed E-state index contributed by atoms with van der Waals surface area (Å²) in [4.78, 5) is 12.8. The number of nitrogens with zero attached hydrogens (tertiary/aromatic N) is 2. The lowest BCUT2D eigenvalue weighted by Gasteiger charge is -2.53. The van der Waals surface area contributed by atoms with Gasteiger partial charge in [-0.25, -0.2) is 0 Å². The van der Waals surface area contributed by atoms with Gasteiger partial charge < -0.3 is 20.3 Å². The minimum atomic E-state index is -0.213. The smallest absolute Gasteiger partial charge is 0.271 e. The van der Waals surface area contributed by atoms with Crippen LogP contribution in [0.15, 0.2) is 54.6 Å². The summed E-state index contributed by atoms with van der Waals surface area (Å²) < 4.78 is 5.21. The van der Waals surface area contributed by atoms with Crippen LogP contribution in [0.2, 0.25) is 0 Å². The van der Waals surface area contributed by atoms with Crippen molar-refractivity contribution in [1.29, 1.82) is 0 Å². The number of carbonyl (C=O) groups excluding carboxylic acids is 1.